The van der Waals surface area contributed by atoms with Gasteiger partial charge in [0.2, 0.25) is 0 Å². The van der Waals surface area contributed by atoms with Gasteiger partial charge in [-0.15, -0.1) is 24.9 Å². The van der Waals surface area contributed by atoms with E-state index in [4.69, 9.17) is 5.73 Å². The number of nitrogen functional groups attached to an aromatic ring is 1. The molecule has 2 aromatic rings. The quantitative estimate of drug-likeness (QED) is 0.508. The van der Waals surface area contributed by atoms with Gasteiger partial charge in [-0.1, -0.05) is 12.1 Å². The van der Waals surface area contributed by atoms with Gasteiger partial charge in [-0.2, -0.15) is 0 Å². The van der Waals surface area contributed by atoms with Gasteiger partial charge in [0.25, 0.3) is 0 Å². The van der Waals surface area contributed by atoms with Crippen LogP contribution in [0.15, 0.2) is 47.4 Å². The second kappa shape index (κ2) is 6.26. The molecule has 0 fully saturated rings. The summed E-state index contributed by atoms with van der Waals surface area (Å²) in [5.74, 6) is -0.265. The molecular formula is C14H11F4NOS. The number of anilines is 1. The van der Waals surface area contributed by atoms with Crippen molar-refractivity contribution in [1.29, 1.82) is 0 Å². The summed E-state index contributed by atoms with van der Waals surface area (Å²) < 4.78 is 53.1. The topological polar surface area (TPSA) is 35.2 Å². The van der Waals surface area contributed by atoms with Crippen molar-refractivity contribution in [3.63, 3.8) is 0 Å². The van der Waals surface area contributed by atoms with Crippen molar-refractivity contribution < 1.29 is 22.3 Å². The predicted molar refractivity (Wildman–Crippen MR) is 73.5 cm³/mol. The maximum Gasteiger partial charge on any atom is 0.573 e. The normalized spacial score (nSPS) is 11.4. The number of nitrogens with two attached hydrogens (primary N) is 1. The number of halogens is 4. The Bertz CT molecular complexity index is 613. The molecule has 0 spiro atoms. The third-order valence-corrected chi connectivity index (χ3v) is 3.60. The third kappa shape index (κ3) is 4.86. The van der Waals surface area contributed by atoms with Crippen LogP contribution in [0.25, 0.3) is 0 Å². The molecule has 112 valence electrons. The van der Waals surface area contributed by atoms with Crippen molar-refractivity contribution in [3.8, 4) is 5.75 Å². The summed E-state index contributed by atoms with van der Waals surface area (Å²) >= 11 is 1.36. The average molecular weight is 317 g/mol. The number of alkyl halides is 3. The molecule has 0 atom stereocenters. The fraction of sp³-hybridized carbons (Fsp3) is 0.143. The molecule has 0 aliphatic rings. The van der Waals surface area contributed by atoms with Gasteiger partial charge < -0.3 is 10.5 Å². The summed E-state index contributed by atoms with van der Waals surface area (Å²) in [5, 5.41) is 0. The molecule has 0 amide bonds. The van der Waals surface area contributed by atoms with Crippen LogP contribution in [-0.4, -0.2) is 6.36 Å². The number of rotatable bonds is 4. The zero-order chi connectivity index (χ0) is 15.5. The Kier molecular flexibility index (Phi) is 4.62. The molecule has 0 radical (unpaired) electrons. The van der Waals surface area contributed by atoms with E-state index >= 15 is 0 Å². The third-order valence-electron chi connectivity index (χ3n) is 2.53. The molecule has 0 saturated carbocycles. The molecule has 2 N–H and O–H groups in total. The van der Waals surface area contributed by atoms with Gasteiger partial charge in [0.1, 0.15) is 11.6 Å². The number of hydrogen-bond acceptors (Lipinski definition) is 3. The van der Waals surface area contributed by atoms with Crippen LogP contribution in [0.1, 0.15) is 5.56 Å². The Balaban J connectivity index is 1.96. The lowest BCUT2D eigenvalue weighted by Crippen LogP contribution is -2.16. The minimum Gasteiger partial charge on any atom is -0.406 e. The molecule has 2 nitrogen and oxygen atoms in total. The predicted octanol–water partition coefficient (Wildman–Crippen LogP) is 4.60. The monoisotopic (exact) mass is 317 g/mol. The van der Waals surface area contributed by atoms with E-state index in [2.05, 4.69) is 4.74 Å². The van der Waals surface area contributed by atoms with Crippen LogP contribution in [0.4, 0.5) is 23.2 Å². The molecule has 0 bridgehead atoms. The summed E-state index contributed by atoms with van der Waals surface area (Å²) in [6, 6.07) is 10.0. The number of benzene rings is 2. The highest BCUT2D eigenvalue weighted by atomic mass is 32.2. The molecule has 21 heavy (non-hydrogen) atoms. The summed E-state index contributed by atoms with van der Waals surface area (Å²) in [5.41, 5.74) is 6.25. The van der Waals surface area contributed by atoms with Crippen LogP contribution in [0.2, 0.25) is 0 Å². The number of hydrogen-bond donors (Lipinski definition) is 1. The van der Waals surface area contributed by atoms with Gasteiger partial charge in [0.15, 0.2) is 0 Å². The standard InChI is InChI=1S/C14H11F4NOS/c15-12-7-11(5-6-13(12)19)21-8-9-1-3-10(4-2-9)20-14(16,17)18/h1-7H,8,19H2. The SMILES string of the molecule is Nc1ccc(SCc2ccc(OC(F)(F)F)cc2)cc1F. The van der Waals surface area contributed by atoms with E-state index in [1.54, 1.807) is 6.07 Å². The first kappa shape index (κ1) is 15.5. The van der Waals surface area contributed by atoms with Gasteiger partial charge in [0, 0.05) is 10.6 Å². The minimum absolute atomic E-state index is 0.0769. The largest absolute Gasteiger partial charge is 0.573 e. The van der Waals surface area contributed by atoms with Gasteiger partial charge >= 0.3 is 6.36 Å². The van der Waals surface area contributed by atoms with E-state index in [1.165, 1.54) is 48.2 Å². The Morgan fingerprint density at radius 1 is 1.05 bits per heavy atom. The molecule has 0 aliphatic carbocycles. The van der Waals surface area contributed by atoms with Crippen LogP contribution in [0, 0.1) is 5.82 Å². The fourth-order valence-corrected chi connectivity index (χ4v) is 2.43. The summed E-state index contributed by atoms with van der Waals surface area (Å²) in [4.78, 5) is 0.692. The molecule has 0 heterocycles. The van der Waals surface area contributed by atoms with E-state index in [-0.39, 0.29) is 11.4 Å². The highest BCUT2D eigenvalue weighted by Crippen LogP contribution is 2.27. The van der Waals surface area contributed by atoms with E-state index in [0.29, 0.717) is 10.6 Å². The molecule has 0 aliphatic heterocycles. The van der Waals surface area contributed by atoms with Crippen molar-refractivity contribution in [2.75, 3.05) is 5.73 Å². The smallest absolute Gasteiger partial charge is 0.406 e. The highest BCUT2D eigenvalue weighted by Gasteiger charge is 2.30. The van der Waals surface area contributed by atoms with Crippen LogP contribution in [0.5, 0.6) is 5.75 Å². The van der Waals surface area contributed by atoms with E-state index < -0.39 is 12.2 Å². The van der Waals surface area contributed by atoms with Crippen LogP contribution >= 0.6 is 11.8 Å². The van der Waals surface area contributed by atoms with Crippen molar-refractivity contribution in [3.05, 3.63) is 53.8 Å². The lowest BCUT2D eigenvalue weighted by atomic mass is 10.2. The summed E-state index contributed by atoms with van der Waals surface area (Å²) in [6.07, 6.45) is -4.70. The Morgan fingerprint density at radius 3 is 2.29 bits per heavy atom. The first-order chi connectivity index (χ1) is 9.83. The molecule has 7 heteroatoms. The van der Waals surface area contributed by atoms with E-state index in [0.717, 1.165) is 5.56 Å². The van der Waals surface area contributed by atoms with Gasteiger partial charge in [-0.3, -0.25) is 0 Å². The number of thioether (sulfide) groups is 1. The van der Waals surface area contributed by atoms with E-state index in [9.17, 15) is 17.6 Å². The average Bonchev–Trinajstić information content (AvgIpc) is 2.40. The van der Waals surface area contributed by atoms with Crippen molar-refractivity contribution in [2.24, 2.45) is 0 Å². The Hall–Kier alpha value is -1.89. The molecular weight excluding hydrogens is 306 g/mol. The number of ether oxygens (including phenoxy) is 1. The van der Waals surface area contributed by atoms with Gasteiger partial charge in [0.05, 0.1) is 5.69 Å². The van der Waals surface area contributed by atoms with Crippen LogP contribution < -0.4 is 10.5 Å². The molecule has 2 rings (SSSR count). The minimum atomic E-state index is -4.70. The Morgan fingerprint density at radius 2 is 1.71 bits per heavy atom. The maximum absolute atomic E-state index is 13.3. The lowest BCUT2D eigenvalue weighted by molar-refractivity contribution is -0.274. The first-order valence-electron chi connectivity index (χ1n) is 5.86. The van der Waals surface area contributed by atoms with Gasteiger partial charge in [-0.05, 0) is 35.9 Å². The van der Waals surface area contributed by atoms with Gasteiger partial charge in [-0.25, -0.2) is 4.39 Å². The molecule has 2 aromatic carbocycles. The first-order valence-corrected chi connectivity index (χ1v) is 6.84. The summed E-state index contributed by atoms with van der Waals surface area (Å²) in [7, 11) is 0. The molecule has 0 aromatic heterocycles. The van der Waals surface area contributed by atoms with Crippen molar-refractivity contribution in [2.45, 2.75) is 17.0 Å². The van der Waals surface area contributed by atoms with Crippen LogP contribution in [0.3, 0.4) is 0 Å². The maximum atomic E-state index is 13.3. The van der Waals surface area contributed by atoms with E-state index in [1.807, 2.05) is 0 Å². The zero-order valence-electron chi connectivity index (χ0n) is 10.7. The molecule has 0 saturated heterocycles. The van der Waals surface area contributed by atoms with Crippen molar-refractivity contribution in [1.82, 2.24) is 0 Å². The second-order valence-corrected chi connectivity index (χ2v) is 5.21. The summed E-state index contributed by atoms with van der Waals surface area (Å²) in [6.45, 7) is 0. The molecule has 0 unspecified atom stereocenters. The lowest BCUT2D eigenvalue weighted by Gasteiger charge is -2.09. The van der Waals surface area contributed by atoms with Crippen LogP contribution in [-0.2, 0) is 5.75 Å². The highest BCUT2D eigenvalue weighted by molar-refractivity contribution is 7.98. The second-order valence-electron chi connectivity index (χ2n) is 4.16. The Labute approximate surface area is 122 Å². The van der Waals surface area contributed by atoms with Crippen molar-refractivity contribution >= 4 is 17.4 Å². The fourth-order valence-electron chi connectivity index (χ4n) is 1.55. The zero-order valence-corrected chi connectivity index (χ0v) is 11.5.